The summed E-state index contributed by atoms with van der Waals surface area (Å²) in [5.41, 5.74) is 2.03. The molecule has 0 bridgehead atoms. The standard InChI is InChI=1S/C28H22BrNO3S/c1-20-12-18-25(19-13-20)34(32,33)30-26(21-14-16-24(29)17-15-21)28(27(30)31,22-8-4-2-5-9-22)23-10-6-3-7-11-23/h2-19,26H,1H3/t26-/m1/s1. The monoisotopic (exact) mass is 531 g/mol. The van der Waals surface area contributed by atoms with Gasteiger partial charge in [-0.25, -0.2) is 12.7 Å². The molecule has 0 spiro atoms. The first-order valence-corrected chi connectivity index (χ1v) is 13.1. The molecular formula is C28H22BrNO3S. The molecule has 1 atom stereocenters. The van der Waals surface area contributed by atoms with E-state index in [-0.39, 0.29) is 4.90 Å². The number of benzene rings is 4. The van der Waals surface area contributed by atoms with E-state index in [1.807, 2.05) is 91.9 Å². The van der Waals surface area contributed by atoms with Gasteiger partial charge in [0, 0.05) is 4.47 Å². The lowest BCUT2D eigenvalue weighted by Gasteiger charge is -2.55. The summed E-state index contributed by atoms with van der Waals surface area (Å²) in [4.78, 5) is 14.3. The second-order valence-electron chi connectivity index (χ2n) is 8.41. The number of carbonyl (C=O) groups is 1. The van der Waals surface area contributed by atoms with Crippen LogP contribution in [0.1, 0.15) is 28.3 Å². The van der Waals surface area contributed by atoms with Gasteiger partial charge in [-0.3, -0.25) is 4.79 Å². The average Bonchev–Trinajstić information content (AvgIpc) is 2.85. The summed E-state index contributed by atoms with van der Waals surface area (Å²) in [6.07, 6.45) is 0. The number of hydrogen-bond acceptors (Lipinski definition) is 3. The van der Waals surface area contributed by atoms with E-state index in [0.29, 0.717) is 0 Å². The Kier molecular flexibility index (Phi) is 5.66. The largest absolute Gasteiger partial charge is 0.272 e. The first kappa shape index (κ1) is 22.6. The van der Waals surface area contributed by atoms with E-state index in [4.69, 9.17) is 0 Å². The molecule has 170 valence electrons. The van der Waals surface area contributed by atoms with Crippen LogP contribution in [0.5, 0.6) is 0 Å². The molecule has 6 heteroatoms. The number of hydrogen-bond donors (Lipinski definition) is 0. The van der Waals surface area contributed by atoms with Crippen molar-refractivity contribution in [3.63, 3.8) is 0 Å². The van der Waals surface area contributed by atoms with Crippen LogP contribution in [0.15, 0.2) is 119 Å². The van der Waals surface area contributed by atoms with Gasteiger partial charge in [0.25, 0.3) is 15.9 Å². The van der Waals surface area contributed by atoms with Crippen molar-refractivity contribution in [2.75, 3.05) is 0 Å². The van der Waals surface area contributed by atoms with Crippen LogP contribution in [-0.4, -0.2) is 18.6 Å². The highest BCUT2D eigenvalue weighted by atomic mass is 79.9. The summed E-state index contributed by atoms with van der Waals surface area (Å²) in [6.45, 7) is 1.89. The minimum atomic E-state index is -4.09. The number of sulfonamides is 1. The Labute approximate surface area is 208 Å². The maximum atomic E-state index is 14.2. The molecule has 0 unspecified atom stereocenters. The number of halogens is 1. The summed E-state index contributed by atoms with van der Waals surface area (Å²) in [7, 11) is -4.09. The summed E-state index contributed by atoms with van der Waals surface area (Å²) >= 11 is 3.46. The van der Waals surface area contributed by atoms with Crippen LogP contribution in [0.25, 0.3) is 0 Å². The van der Waals surface area contributed by atoms with Crippen molar-refractivity contribution in [2.45, 2.75) is 23.3 Å². The van der Waals surface area contributed by atoms with Crippen LogP contribution in [0.4, 0.5) is 0 Å². The lowest BCUT2D eigenvalue weighted by Crippen LogP contribution is -2.68. The lowest BCUT2D eigenvalue weighted by molar-refractivity contribution is -0.147. The second kappa shape index (κ2) is 8.53. The number of aryl methyl sites for hydroxylation is 1. The maximum Gasteiger partial charge on any atom is 0.267 e. The van der Waals surface area contributed by atoms with Gasteiger partial charge < -0.3 is 0 Å². The summed E-state index contributed by atoms with van der Waals surface area (Å²) in [6, 6.07) is 32.2. The van der Waals surface area contributed by atoms with E-state index in [1.165, 1.54) is 0 Å². The zero-order chi connectivity index (χ0) is 23.9. The molecule has 1 aliphatic heterocycles. The van der Waals surface area contributed by atoms with E-state index in [9.17, 15) is 13.2 Å². The zero-order valence-electron chi connectivity index (χ0n) is 18.4. The molecule has 1 aliphatic rings. The van der Waals surface area contributed by atoms with E-state index < -0.39 is 27.4 Å². The summed E-state index contributed by atoms with van der Waals surface area (Å²) in [5.74, 6) is -0.460. The maximum absolute atomic E-state index is 14.2. The van der Waals surface area contributed by atoms with Crippen LogP contribution in [0.2, 0.25) is 0 Å². The fraction of sp³-hybridized carbons (Fsp3) is 0.107. The Morgan fingerprint density at radius 3 is 1.74 bits per heavy atom. The van der Waals surface area contributed by atoms with Crippen LogP contribution in [0, 0.1) is 6.92 Å². The molecule has 5 rings (SSSR count). The van der Waals surface area contributed by atoms with Gasteiger partial charge in [-0.2, -0.15) is 0 Å². The van der Waals surface area contributed by atoms with Gasteiger partial charge in [0.1, 0.15) is 5.41 Å². The van der Waals surface area contributed by atoms with Crippen LogP contribution in [0.3, 0.4) is 0 Å². The smallest absolute Gasteiger partial charge is 0.267 e. The SMILES string of the molecule is Cc1ccc(S(=O)(=O)N2C(=O)C(c3ccccc3)(c3ccccc3)[C@H]2c2ccc(Br)cc2)cc1. The minimum Gasteiger partial charge on any atom is -0.272 e. The predicted molar refractivity (Wildman–Crippen MR) is 136 cm³/mol. The molecule has 34 heavy (non-hydrogen) atoms. The van der Waals surface area contributed by atoms with Gasteiger partial charge in [0.15, 0.2) is 0 Å². The quantitative estimate of drug-likeness (QED) is 0.296. The highest BCUT2D eigenvalue weighted by Gasteiger charge is 2.67. The first-order valence-electron chi connectivity index (χ1n) is 10.9. The van der Waals surface area contributed by atoms with E-state index in [2.05, 4.69) is 15.9 Å². The van der Waals surface area contributed by atoms with Crippen molar-refractivity contribution >= 4 is 31.9 Å². The topological polar surface area (TPSA) is 54.5 Å². The molecule has 1 fully saturated rings. The number of amides is 1. The Hall–Kier alpha value is -3.22. The second-order valence-corrected chi connectivity index (χ2v) is 11.1. The van der Waals surface area contributed by atoms with Gasteiger partial charge >= 0.3 is 0 Å². The van der Waals surface area contributed by atoms with Crippen LogP contribution in [-0.2, 0) is 20.2 Å². The molecule has 0 aromatic heterocycles. The molecule has 1 heterocycles. The van der Waals surface area contributed by atoms with E-state index in [0.717, 1.165) is 31.0 Å². The first-order chi connectivity index (χ1) is 16.4. The van der Waals surface area contributed by atoms with Crippen molar-refractivity contribution < 1.29 is 13.2 Å². The highest BCUT2D eigenvalue weighted by Crippen LogP contribution is 2.57. The molecule has 0 N–H and O–H groups in total. The third-order valence-electron chi connectivity index (χ3n) is 6.40. The number of nitrogens with zero attached hydrogens (tertiary/aromatic N) is 1. The predicted octanol–water partition coefficient (Wildman–Crippen LogP) is 6.02. The molecule has 0 aliphatic carbocycles. The third kappa shape index (κ3) is 3.40. The van der Waals surface area contributed by atoms with Gasteiger partial charge in [-0.1, -0.05) is 106 Å². The van der Waals surface area contributed by atoms with Crippen molar-refractivity contribution in [2.24, 2.45) is 0 Å². The minimum absolute atomic E-state index is 0.100. The lowest BCUT2D eigenvalue weighted by atomic mass is 9.61. The number of rotatable bonds is 5. The molecule has 1 saturated heterocycles. The zero-order valence-corrected chi connectivity index (χ0v) is 20.8. The van der Waals surface area contributed by atoms with Gasteiger partial charge in [-0.05, 0) is 47.9 Å². The molecule has 4 nitrogen and oxygen atoms in total. The molecular weight excluding hydrogens is 510 g/mol. The highest BCUT2D eigenvalue weighted by molar-refractivity contribution is 9.10. The Morgan fingerprint density at radius 2 is 1.24 bits per heavy atom. The molecule has 1 amide bonds. The Morgan fingerprint density at radius 1 is 0.735 bits per heavy atom. The summed E-state index contributed by atoms with van der Waals surface area (Å²) in [5, 5.41) is 0. The van der Waals surface area contributed by atoms with Crippen molar-refractivity contribution in [1.29, 1.82) is 0 Å². The Bertz CT molecular complexity index is 1400. The van der Waals surface area contributed by atoms with Gasteiger partial charge in [0.05, 0.1) is 10.9 Å². The molecule has 4 aromatic carbocycles. The van der Waals surface area contributed by atoms with E-state index >= 15 is 0 Å². The molecule has 0 saturated carbocycles. The van der Waals surface area contributed by atoms with Crippen molar-refractivity contribution in [1.82, 2.24) is 4.31 Å². The fourth-order valence-electron chi connectivity index (χ4n) is 4.75. The normalized spacial score (nSPS) is 17.3. The fourth-order valence-corrected chi connectivity index (χ4v) is 6.64. The van der Waals surface area contributed by atoms with Crippen molar-refractivity contribution in [3.8, 4) is 0 Å². The number of β-lactam (4-membered cyclic amide) rings is 1. The van der Waals surface area contributed by atoms with Crippen LogP contribution < -0.4 is 0 Å². The summed E-state index contributed by atoms with van der Waals surface area (Å²) < 4.78 is 29.6. The average molecular weight is 532 g/mol. The van der Waals surface area contributed by atoms with Crippen molar-refractivity contribution in [3.05, 3.63) is 136 Å². The van der Waals surface area contributed by atoms with Gasteiger partial charge in [-0.15, -0.1) is 0 Å². The molecule has 0 radical (unpaired) electrons. The Balaban J connectivity index is 1.78. The number of carbonyl (C=O) groups excluding carboxylic acids is 1. The molecule has 4 aromatic rings. The van der Waals surface area contributed by atoms with Crippen LogP contribution >= 0.6 is 15.9 Å². The van der Waals surface area contributed by atoms with E-state index in [1.54, 1.807) is 24.3 Å². The van der Waals surface area contributed by atoms with Gasteiger partial charge in [0.2, 0.25) is 0 Å². The third-order valence-corrected chi connectivity index (χ3v) is 8.70.